The minimum absolute atomic E-state index is 0.265. The molecule has 0 aliphatic rings. The van der Waals surface area contributed by atoms with Crippen molar-refractivity contribution < 1.29 is 4.74 Å². The molecule has 1 unspecified atom stereocenters. The molecule has 0 radical (unpaired) electrons. The summed E-state index contributed by atoms with van der Waals surface area (Å²) in [5, 5.41) is 3.54. The van der Waals surface area contributed by atoms with Crippen LogP contribution >= 0.6 is 11.3 Å². The van der Waals surface area contributed by atoms with Gasteiger partial charge in [-0.25, -0.2) is 4.98 Å². The summed E-state index contributed by atoms with van der Waals surface area (Å²) >= 11 is 1.80. The van der Waals surface area contributed by atoms with Crippen LogP contribution < -0.4 is 4.74 Å². The number of thiazole rings is 1. The number of aromatic nitrogens is 1. The number of rotatable bonds is 13. The lowest BCUT2D eigenvalue weighted by molar-refractivity contribution is 0.175. The number of hydrogen-bond donors (Lipinski definition) is 0. The molecule has 0 N–H and O–H groups in total. The summed E-state index contributed by atoms with van der Waals surface area (Å²) in [5.74, 6) is 0.988. The van der Waals surface area contributed by atoms with Crippen LogP contribution in [0.3, 0.4) is 0 Å². The van der Waals surface area contributed by atoms with E-state index in [1.165, 1.54) is 66.0 Å². The number of nitrogens with zero attached hydrogens (tertiary/aromatic N) is 1. The van der Waals surface area contributed by atoms with Gasteiger partial charge in [-0.05, 0) is 66.6 Å². The molecule has 0 bridgehead atoms. The van der Waals surface area contributed by atoms with Crippen LogP contribution in [0.4, 0.5) is 0 Å². The Morgan fingerprint density at radius 2 is 1.62 bits per heavy atom. The monoisotopic (exact) mass is 473 g/mol. The Bertz CT molecular complexity index is 1190. The normalized spacial score (nSPS) is 12.4. The quantitative estimate of drug-likeness (QED) is 0.180. The first-order valence-corrected chi connectivity index (χ1v) is 14.1. The standard InChI is InChI=1S/C31H39NOS/c1-4-7-10-16-25(15-9-6-3)33-28-21-19-24-14-11-12-17-26(24)30(28)31-32-27-20-18-23(13-8-5-2)22-29(27)34-31/h11-12,14,17-22,25H,4-10,13,15-16H2,1-3H3. The molecule has 3 aromatic carbocycles. The van der Waals surface area contributed by atoms with Crippen LogP contribution in [-0.4, -0.2) is 11.1 Å². The van der Waals surface area contributed by atoms with E-state index in [1.54, 1.807) is 11.3 Å². The van der Waals surface area contributed by atoms with E-state index in [0.717, 1.165) is 41.1 Å². The molecule has 34 heavy (non-hydrogen) atoms. The van der Waals surface area contributed by atoms with Gasteiger partial charge in [0.15, 0.2) is 0 Å². The molecule has 3 heteroatoms. The molecule has 4 aromatic rings. The second kappa shape index (κ2) is 12.4. The van der Waals surface area contributed by atoms with E-state index in [9.17, 15) is 0 Å². The molecular formula is C31H39NOS. The summed E-state index contributed by atoms with van der Waals surface area (Å²) in [7, 11) is 0. The van der Waals surface area contributed by atoms with Gasteiger partial charge in [-0.3, -0.25) is 0 Å². The summed E-state index contributed by atoms with van der Waals surface area (Å²) in [6.45, 7) is 6.78. The maximum Gasteiger partial charge on any atom is 0.130 e. The van der Waals surface area contributed by atoms with E-state index in [0.29, 0.717) is 0 Å². The number of aryl methyl sites for hydroxylation is 1. The zero-order chi connectivity index (χ0) is 23.8. The van der Waals surface area contributed by atoms with E-state index in [4.69, 9.17) is 9.72 Å². The van der Waals surface area contributed by atoms with E-state index in [1.807, 2.05) is 0 Å². The van der Waals surface area contributed by atoms with Gasteiger partial charge in [0, 0.05) is 0 Å². The molecule has 0 amide bonds. The predicted octanol–water partition coefficient (Wildman–Crippen LogP) is 9.98. The Kier molecular flexibility index (Phi) is 8.98. The SMILES string of the molecule is CCCCCC(CCCC)Oc1ccc2ccccc2c1-c1nc2ccc(CCCC)cc2s1. The van der Waals surface area contributed by atoms with Crippen molar-refractivity contribution in [3.05, 3.63) is 60.2 Å². The predicted molar refractivity (Wildman–Crippen MR) is 149 cm³/mol. The lowest BCUT2D eigenvalue weighted by atomic mass is 10.0. The fourth-order valence-corrected chi connectivity index (χ4v) is 5.77. The summed E-state index contributed by atoms with van der Waals surface area (Å²) < 4.78 is 8.07. The number of unbranched alkanes of at least 4 members (excludes halogenated alkanes) is 4. The smallest absolute Gasteiger partial charge is 0.130 e. The first kappa shape index (κ1) is 24.7. The highest BCUT2D eigenvalue weighted by atomic mass is 32.1. The summed E-state index contributed by atoms with van der Waals surface area (Å²) in [6.07, 6.45) is 12.3. The lowest BCUT2D eigenvalue weighted by Gasteiger charge is -2.21. The van der Waals surface area contributed by atoms with E-state index in [2.05, 4.69) is 75.4 Å². The molecule has 0 fully saturated rings. The van der Waals surface area contributed by atoms with Crippen LogP contribution in [0.25, 0.3) is 31.6 Å². The number of benzene rings is 3. The maximum atomic E-state index is 6.80. The van der Waals surface area contributed by atoms with Crippen LogP contribution in [0.5, 0.6) is 5.75 Å². The molecule has 4 rings (SSSR count). The van der Waals surface area contributed by atoms with Crippen LogP contribution in [0.2, 0.25) is 0 Å². The Morgan fingerprint density at radius 3 is 2.44 bits per heavy atom. The molecule has 2 nitrogen and oxygen atoms in total. The zero-order valence-electron chi connectivity index (χ0n) is 21.1. The Hall–Kier alpha value is -2.39. The molecule has 0 aliphatic heterocycles. The second-order valence-corrected chi connectivity index (χ2v) is 10.5. The van der Waals surface area contributed by atoms with Gasteiger partial charge >= 0.3 is 0 Å². The summed E-state index contributed by atoms with van der Waals surface area (Å²) in [4.78, 5) is 5.10. The second-order valence-electron chi connectivity index (χ2n) is 9.46. The molecule has 1 heterocycles. The van der Waals surface area contributed by atoms with E-state index in [-0.39, 0.29) is 6.10 Å². The van der Waals surface area contributed by atoms with Crippen LogP contribution in [0, 0.1) is 0 Å². The van der Waals surface area contributed by atoms with E-state index < -0.39 is 0 Å². The molecule has 1 aromatic heterocycles. The van der Waals surface area contributed by atoms with Gasteiger partial charge in [0.05, 0.1) is 21.9 Å². The topological polar surface area (TPSA) is 22.1 Å². The Labute approximate surface area is 209 Å². The lowest BCUT2D eigenvalue weighted by Crippen LogP contribution is -2.17. The van der Waals surface area contributed by atoms with Crippen LogP contribution in [-0.2, 0) is 6.42 Å². The van der Waals surface area contributed by atoms with Crippen molar-refractivity contribution in [2.24, 2.45) is 0 Å². The van der Waals surface area contributed by atoms with Gasteiger partial charge in [0.1, 0.15) is 10.8 Å². The molecule has 1 atom stereocenters. The summed E-state index contributed by atoms with van der Waals surface area (Å²) in [5.41, 5.74) is 3.66. The Balaban J connectivity index is 1.73. The van der Waals surface area contributed by atoms with Gasteiger partial charge in [0.25, 0.3) is 0 Å². The Morgan fingerprint density at radius 1 is 0.824 bits per heavy atom. The highest BCUT2D eigenvalue weighted by molar-refractivity contribution is 7.21. The van der Waals surface area contributed by atoms with Crippen molar-refractivity contribution >= 4 is 32.3 Å². The van der Waals surface area contributed by atoms with Crippen molar-refractivity contribution in [3.8, 4) is 16.3 Å². The number of hydrogen-bond acceptors (Lipinski definition) is 3. The first-order chi connectivity index (χ1) is 16.7. The molecule has 0 saturated carbocycles. The minimum atomic E-state index is 0.265. The van der Waals surface area contributed by atoms with Gasteiger partial charge in [-0.1, -0.05) is 89.3 Å². The first-order valence-electron chi connectivity index (χ1n) is 13.3. The highest BCUT2D eigenvalue weighted by Gasteiger charge is 2.19. The number of fused-ring (bicyclic) bond motifs is 2. The zero-order valence-corrected chi connectivity index (χ0v) is 21.9. The van der Waals surface area contributed by atoms with Crippen molar-refractivity contribution in [2.75, 3.05) is 0 Å². The van der Waals surface area contributed by atoms with Crippen molar-refractivity contribution in [1.82, 2.24) is 4.98 Å². The van der Waals surface area contributed by atoms with Gasteiger partial charge < -0.3 is 4.74 Å². The maximum absolute atomic E-state index is 6.80. The average Bonchev–Trinajstić information content (AvgIpc) is 3.28. The highest BCUT2D eigenvalue weighted by Crippen LogP contribution is 2.41. The van der Waals surface area contributed by atoms with E-state index >= 15 is 0 Å². The number of ether oxygens (including phenoxy) is 1. The van der Waals surface area contributed by atoms with Crippen molar-refractivity contribution in [1.29, 1.82) is 0 Å². The fraction of sp³-hybridized carbons (Fsp3) is 0.452. The molecule has 0 saturated heterocycles. The van der Waals surface area contributed by atoms with Crippen LogP contribution in [0.1, 0.15) is 84.1 Å². The average molecular weight is 474 g/mol. The van der Waals surface area contributed by atoms with Gasteiger partial charge in [0.2, 0.25) is 0 Å². The molecular weight excluding hydrogens is 434 g/mol. The molecule has 0 aliphatic carbocycles. The van der Waals surface area contributed by atoms with Crippen molar-refractivity contribution in [3.63, 3.8) is 0 Å². The third-order valence-electron chi connectivity index (χ3n) is 6.68. The summed E-state index contributed by atoms with van der Waals surface area (Å²) in [6, 6.07) is 19.8. The minimum Gasteiger partial charge on any atom is -0.490 e. The van der Waals surface area contributed by atoms with Gasteiger partial charge in [-0.15, -0.1) is 11.3 Å². The third kappa shape index (κ3) is 5.99. The molecule has 180 valence electrons. The largest absolute Gasteiger partial charge is 0.490 e. The van der Waals surface area contributed by atoms with Crippen molar-refractivity contribution in [2.45, 2.75) is 91.1 Å². The third-order valence-corrected chi connectivity index (χ3v) is 7.72. The molecule has 0 spiro atoms. The van der Waals surface area contributed by atoms with Crippen LogP contribution in [0.15, 0.2) is 54.6 Å². The van der Waals surface area contributed by atoms with Gasteiger partial charge in [-0.2, -0.15) is 0 Å². The fourth-order valence-electron chi connectivity index (χ4n) is 4.68.